The molecule has 0 aliphatic rings. The molecule has 1 rings (SSSR count). The Kier molecular flexibility index (Phi) is 5.81. The first-order chi connectivity index (χ1) is 9.38. The van der Waals surface area contributed by atoms with E-state index in [4.69, 9.17) is 0 Å². The first-order valence-corrected chi connectivity index (χ1v) is 6.39. The number of carbonyl (C=O) groups excluding carboxylic acids is 1. The predicted octanol–water partition coefficient (Wildman–Crippen LogP) is 2.81. The van der Waals surface area contributed by atoms with Gasteiger partial charge in [0.05, 0.1) is 24.5 Å². The summed E-state index contributed by atoms with van der Waals surface area (Å²) in [5.74, 6) is -1.01. The van der Waals surface area contributed by atoms with Gasteiger partial charge in [-0.25, -0.2) is 0 Å². The molecule has 1 aromatic rings. The molecule has 0 spiro atoms. The lowest BCUT2D eigenvalue weighted by molar-refractivity contribution is -0.385. The molecule has 0 bridgehead atoms. The normalized spacial score (nSPS) is 10.4. The van der Waals surface area contributed by atoms with Crippen molar-refractivity contribution in [1.82, 2.24) is 0 Å². The van der Waals surface area contributed by atoms with E-state index in [1.165, 1.54) is 6.07 Å². The summed E-state index contributed by atoms with van der Waals surface area (Å²) in [7, 11) is 1.15. The number of nitro groups is 1. The summed E-state index contributed by atoms with van der Waals surface area (Å²) < 4.78 is 33.0. The van der Waals surface area contributed by atoms with Gasteiger partial charge in [-0.2, -0.15) is 8.78 Å². The van der Waals surface area contributed by atoms with E-state index in [1.807, 2.05) is 0 Å². The molecule has 0 aromatic heterocycles. The molecular weight excluding hydrogens is 344 g/mol. The van der Waals surface area contributed by atoms with Gasteiger partial charge < -0.3 is 9.47 Å². The van der Waals surface area contributed by atoms with Crippen molar-refractivity contribution < 1.29 is 28.0 Å². The van der Waals surface area contributed by atoms with Crippen LogP contribution in [0.1, 0.15) is 11.1 Å². The van der Waals surface area contributed by atoms with Crippen molar-refractivity contribution in [3.05, 3.63) is 33.4 Å². The minimum absolute atomic E-state index is 0.0975. The van der Waals surface area contributed by atoms with Gasteiger partial charge >= 0.3 is 12.6 Å². The first kappa shape index (κ1) is 16.3. The summed E-state index contributed by atoms with van der Waals surface area (Å²) in [6.07, 6.45) is -0.331. The Balaban J connectivity index is 3.32. The summed E-state index contributed by atoms with van der Waals surface area (Å²) in [4.78, 5) is 21.5. The van der Waals surface area contributed by atoms with Crippen LogP contribution in [-0.2, 0) is 21.3 Å². The number of hydrogen-bond acceptors (Lipinski definition) is 5. The number of nitrogens with zero attached hydrogens (tertiary/aromatic N) is 1. The fourth-order valence-corrected chi connectivity index (χ4v) is 2.06. The molecule has 0 fully saturated rings. The number of carbonyl (C=O) groups is 1. The summed E-state index contributed by atoms with van der Waals surface area (Å²) in [6.45, 7) is -3.09. The third-order valence-electron chi connectivity index (χ3n) is 2.41. The molecule has 0 amide bonds. The third kappa shape index (κ3) is 4.12. The van der Waals surface area contributed by atoms with Crippen LogP contribution in [0, 0.1) is 10.1 Å². The number of halogens is 3. The lowest BCUT2D eigenvalue weighted by Gasteiger charge is -2.11. The highest BCUT2D eigenvalue weighted by Gasteiger charge is 2.23. The molecule has 20 heavy (non-hydrogen) atoms. The summed E-state index contributed by atoms with van der Waals surface area (Å²) in [6, 6.07) is 2.07. The Bertz CT molecular complexity index is 524. The average Bonchev–Trinajstić information content (AvgIpc) is 2.38. The summed E-state index contributed by atoms with van der Waals surface area (Å²) in [5, 5.41) is 11.1. The van der Waals surface area contributed by atoms with Crippen LogP contribution >= 0.6 is 15.9 Å². The lowest BCUT2D eigenvalue weighted by Crippen LogP contribution is -2.10. The van der Waals surface area contributed by atoms with E-state index in [2.05, 4.69) is 25.4 Å². The minimum atomic E-state index is -3.09. The fourth-order valence-electron chi connectivity index (χ4n) is 1.56. The maximum absolute atomic E-state index is 12.2. The van der Waals surface area contributed by atoms with E-state index in [0.29, 0.717) is 5.56 Å². The molecule has 0 unspecified atom stereocenters. The molecule has 110 valence electrons. The van der Waals surface area contributed by atoms with Gasteiger partial charge in [0.2, 0.25) is 0 Å². The number of alkyl halides is 3. The third-order valence-corrected chi connectivity index (χ3v) is 3.01. The van der Waals surface area contributed by atoms with Crippen molar-refractivity contribution in [3.8, 4) is 5.75 Å². The topological polar surface area (TPSA) is 78.7 Å². The second-order valence-electron chi connectivity index (χ2n) is 3.60. The number of esters is 1. The van der Waals surface area contributed by atoms with E-state index in [1.54, 1.807) is 0 Å². The largest absolute Gasteiger partial charge is 0.469 e. The zero-order valence-corrected chi connectivity index (χ0v) is 11.9. The van der Waals surface area contributed by atoms with E-state index in [-0.39, 0.29) is 23.1 Å². The zero-order chi connectivity index (χ0) is 15.3. The van der Waals surface area contributed by atoms with Crippen LogP contribution in [-0.4, -0.2) is 24.6 Å². The molecule has 9 heteroatoms. The molecule has 0 radical (unpaired) electrons. The number of nitro benzene ring substituents is 1. The second kappa shape index (κ2) is 7.13. The second-order valence-corrected chi connectivity index (χ2v) is 4.16. The van der Waals surface area contributed by atoms with Gasteiger partial charge in [0.1, 0.15) is 5.75 Å². The van der Waals surface area contributed by atoms with Crippen molar-refractivity contribution in [2.45, 2.75) is 18.4 Å². The van der Waals surface area contributed by atoms with Crippen LogP contribution in [0.5, 0.6) is 5.75 Å². The molecular formula is C11H10BrF2NO5. The zero-order valence-electron chi connectivity index (χ0n) is 10.3. The number of hydrogen-bond donors (Lipinski definition) is 0. The highest BCUT2D eigenvalue weighted by atomic mass is 79.9. The van der Waals surface area contributed by atoms with Gasteiger partial charge in [0.15, 0.2) is 0 Å². The van der Waals surface area contributed by atoms with Gasteiger partial charge in [0, 0.05) is 10.9 Å². The van der Waals surface area contributed by atoms with Crippen LogP contribution in [0.15, 0.2) is 12.1 Å². The number of rotatable bonds is 6. The number of ether oxygens (including phenoxy) is 2. The van der Waals surface area contributed by atoms with Crippen LogP contribution < -0.4 is 4.74 Å². The van der Waals surface area contributed by atoms with Crippen LogP contribution in [0.4, 0.5) is 14.5 Å². The van der Waals surface area contributed by atoms with Crippen molar-refractivity contribution in [3.63, 3.8) is 0 Å². The quantitative estimate of drug-likeness (QED) is 0.340. The highest BCUT2D eigenvalue weighted by molar-refractivity contribution is 9.08. The van der Waals surface area contributed by atoms with Gasteiger partial charge in [-0.05, 0) is 11.6 Å². The van der Waals surface area contributed by atoms with E-state index in [0.717, 1.165) is 13.2 Å². The predicted molar refractivity (Wildman–Crippen MR) is 68.1 cm³/mol. The number of benzene rings is 1. The monoisotopic (exact) mass is 353 g/mol. The number of methoxy groups -OCH3 is 1. The summed E-state index contributed by atoms with van der Waals surface area (Å²) >= 11 is 3.09. The molecule has 0 heterocycles. The maximum atomic E-state index is 12.2. The standard InChI is InChI=1S/C11H10BrF2NO5/c1-19-10(16)4-8-6(5-12)2-7(20-11(13)14)3-9(8)15(17)18/h2-3,11H,4-5H2,1H3. The Hall–Kier alpha value is -1.77. The van der Waals surface area contributed by atoms with Crippen molar-refractivity contribution >= 4 is 27.6 Å². The van der Waals surface area contributed by atoms with Gasteiger partial charge in [-0.15, -0.1) is 0 Å². The maximum Gasteiger partial charge on any atom is 0.387 e. The van der Waals surface area contributed by atoms with Crippen molar-refractivity contribution in [1.29, 1.82) is 0 Å². The van der Waals surface area contributed by atoms with Crippen molar-refractivity contribution in [2.24, 2.45) is 0 Å². The Morgan fingerprint density at radius 3 is 2.60 bits per heavy atom. The molecule has 6 nitrogen and oxygen atoms in total. The van der Waals surface area contributed by atoms with Gasteiger partial charge in [-0.3, -0.25) is 14.9 Å². The molecule has 0 saturated heterocycles. The van der Waals surface area contributed by atoms with E-state index in [9.17, 15) is 23.7 Å². The van der Waals surface area contributed by atoms with Gasteiger partial charge in [0.25, 0.3) is 5.69 Å². The Labute approximate surface area is 120 Å². The van der Waals surface area contributed by atoms with Gasteiger partial charge in [-0.1, -0.05) is 15.9 Å². The lowest BCUT2D eigenvalue weighted by atomic mass is 10.0. The van der Waals surface area contributed by atoms with Crippen LogP contribution in [0.2, 0.25) is 0 Å². The Morgan fingerprint density at radius 2 is 2.15 bits per heavy atom. The first-order valence-electron chi connectivity index (χ1n) is 5.26. The Morgan fingerprint density at radius 1 is 1.50 bits per heavy atom. The molecule has 0 atom stereocenters. The van der Waals surface area contributed by atoms with Crippen molar-refractivity contribution in [2.75, 3.05) is 7.11 Å². The molecule has 1 aromatic carbocycles. The molecule has 0 aliphatic carbocycles. The van der Waals surface area contributed by atoms with E-state index < -0.39 is 23.2 Å². The minimum Gasteiger partial charge on any atom is -0.469 e. The SMILES string of the molecule is COC(=O)Cc1c(CBr)cc(OC(F)F)cc1[N+](=O)[O-]. The smallest absolute Gasteiger partial charge is 0.387 e. The average molecular weight is 354 g/mol. The van der Waals surface area contributed by atoms with Crippen LogP contribution in [0.25, 0.3) is 0 Å². The molecule has 0 N–H and O–H groups in total. The molecule has 0 aliphatic heterocycles. The van der Waals surface area contributed by atoms with Crippen LogP contribution in [0.3, 0.4) is 0 Å². The van der Waals surface area contributed by atoms with E-state index >= 15 is 0 Å². The highest BCUT2D eigenvalue weighted by Crippen LogP contribution is 2.31. The summed E-state index contributed by atoms with van der Waals surface area (Å²) in [5.41, 5.74) is -0.0661. The molecule has 0 saturated carbocycles. The fraction of sp³-hybridized carbons (Fsp3) is 0.364.